The molecule has 0 spiro atoms. The van der Waals surface area contributed by atoms with Gasteiger partial charge in [0.05, 0.1) is 5.69 Å². The molecular formula is C16H24N2O2. The molecule has 110 valence electrons. The molecule has 0 saturated carbocycles. The Balaban J connectivity index is 2.28. The quantitative estimate of drug-likeness (QED) is 0.869. The lowest BCUT2D eigenvalue weighted by Crippen LogP contribution is -2.39. The van der Waals surface area contributed by atoms with Gasteiger partial charge in [0.2, 0.25) is 0 Å². The summed E-state index contributed by atoms with van der Waals surface area (Å²) in [5.41, 5.74) is 8.12. The van der Waals surface area contributed by atoms with E-state index in [2.05, 4.69) is 13.8 Å². The third kappa shape index (κ3) is 3.12. The van der Waals surface area contributed by atoms with Crippen LogP contribution in [0, 0.1) is 0 Å². The summed E-state index contributed by atoms with van der Waals surface area (Å²) in [6.07, 6.45) is 4.06. The van der Waals surface area contributed by atoms with E-state index in [0.29, 0.717) is 0 Å². The van der Waals surface area contributed by atoms with E-state index in [1.54, 1.807) is 0 Å². The van der Waals surface area contributed by atoms with Crippen LogP contribution in [0.5, 0.6) is 5.75 Å². The molecular weight excluding hydrogens is 252 g/mol. The highest BCUT2D eigenvalue weighted by Gasteiger charge is 2.25. The lowest BCUT2D eigenvalue weighted by Gasteiger charge is -2.30. The van der Waals surface area contributed by atoms with Gasteiger partial charge in [0, 0.05) is 12.6 Å². The number of anilines is 1. The van der Waals surface area contributed by atoms with Crippen LogP contribution in [0.1, 0.15) is 51.1 Å². The molecule has 0 radical (unpaired) electrons. The van der Waals surface area contributed by atoms with E-state index >= 15 is 0 Å². The van der Waals surface area contributed by atoms with E-state index < -0.39 is 0 Å². The molecule has 1 amide bonds. The van der Waals surface area contributed by atoms with Crippen LogP contribution >= 0.6 is 0 Å². The smallest absolute Gasteiger partial charge is 0.265 e. The first-order valence-corrected chi connectivity index (χ1v) is 7.50. The number of carbonyl (C=O) groups excluding carboxylic acids is 1. The molecule has 4 heteroatoms. The van der Waals surface area contributed by atoms with Crippen molar-refractivity contribution in [1.82, 2.24) is 0 Å². The predicted octanol–water partition coefficient (Wildman–Crippen LogP) is 3.01. The summed E-state index contributed by atoms with van der Waals surface area (Å²) < 4.78 is 5.51. The summed E-state index contributed by atoms with van der Waals surface area (Å²) in [5, 5.41) is 0. The number of benzene rings is 1. The summed E-state index contributed by atoms with van der Waals surface area (Å²) in [6.45, 7) is 5.13. The van der Waals surface area contributed by atoms with Crippen molar-refractivity contribution < 1.29 is 9.53 Å². The Kier molecular flexibility index (Phi) is 5.01. The molecule has 1 aliphatic heterocycles. The van der Waals surface area contributed by atoms with Gasteiger partial charge in [-0.05, 0) is 30.5 Å². The fourth-order valence-electron chi connectivity index (χ4n) is 2.49. The number of carbonyl (C=O) groups is 1. The highest BCUT2D eigenvalue weighted by molar-refractivity contribution is 5.97. The largest absolute Gasteiger partial charge is 0.482 e. The zero-order valence-electron chi connectivity index (χ0n) is 12.4. The van der Waals surface area contributed by atoms with Crippen LogP contribution in [0.25, 0.3) is 0 Å². The van der Waals surface area contributed by atoms with Gasteiger partial charge in [0.15, 0.2) is 6.61 Å². The van der Waals surface area contributed by atoms with E-state index in [0.717, 1.165) is 49.2 Å². The Bertz CT molecular complexity index is 474. The highest BCUT2D eigenvalue weighted by atomic mass is 16.5. The van der Waals surface area contributed by atoms with Crippen LogP contribution < -0.4 is 15.4 Å². The van der Waals surface area contributed by atoms with Gasteiger partial charge in [-0.25, -0.2) is 0 Å². The van der Waals surface area contributed by atoms with Gasteiger partial charge in [-0.15, -0.1) is 0 Å². The third-order valence-electron chi connectivity index (χ3n) is 3.69. The minimum absolute atomic E-state index is 0.0235. The predicted molar refractivity (Wildman–Crippen MR) is 81.0 cm³/mol. The van der Waals surface area contributed by atoms with E-state index in [4.69, 9.17) is 10.5 Å². The first kappa shape index (κ1) is 14.9. The fourth-order valence-corrected chi connectivity index (χ4v) is 2.49. The summed E-state index contributed by atoms with van der Waals surface area (Å²) in [4.78, 5) is 13.9. The Morgan fingerprint density at radius 2 is 2.15 bits per heavy atom. The Hall–Kier alpha value is -1.55. The maximum absolute atomic E-state index is 12.0. The van der Waals surface area contributed by atoms with Crippen LogP contribution in [0.2, 0.25) is 0 Å². The molecule has 0 aromatic heterocycles. The topological polar surface area (TPSA) is 55.6 Å². The van der Waals surface area contributed by atoms with Crippen molar-refractivity contribution in [2.75, 3.05) is 18.1 Å². The van der Waals surface area contributed by atoms with Crippen molar-refractivity contribution >= 4 is 11.6 Å². The number of unbranched alkanes of at least 4 members (excludes halogenated alkanes) is 1. The molecule has 1 unspecified atom stereocenters. The van der Waals surface area contributed by atoms with E-state index in [9.17, 15) is 4.79 Å². The highest BCUT2D eigenvalue weighted by Crippen LogP contribution is 2.35. The van der Waals surface area contributed by atoms with Crippen molar-refractivity contribution in [3.05, 3.63) is 23.8 Å². The van der Waals surface area contributed by atoms with Crippen LogP contribution in [-0.2, 0) is 4.79 Å². The monoisotopic (exact) mass is 276 g/mol. The van der Waals surface area contributed by atoms with Gasteiger partial charge in [0.1, 0.15) is 5.75 Å². The second-order valence-electron chi connectivity index (χ2n) is 5.31. The van der Waals surface area contributed by atoms with Crippen molar-refractivity contribution in [3.63, 3.8) is 0 Å². The van der Waals surface area contributed by atoms with Crippen molar-refractivity contribution in [2.24, 2.45) is 5.73 Å². The number of nitrogens with zero attached hydrogens (tertiary/aromatic N) is 1. The van der Waals surface area contributed by atoms with Gasteiger partial charge in [-0.3, -0.25) is 4.79 Å². The second-order valence-corrected chi connectivity index (χ2v) is 5.31. The molecule has 1 aliphatic rings. The minimum atomic E-state index is 0.0235. The molecule has 2 N–H and O–H groups in total. The molecule has 1 heterocycles. The fraction of sp³-hybridized carbons (Fsp3) is 0.562. The minimum Gasteiger partial charge on any atom is -0.482 e. The molecule has 4 nitrogen and oxygen atoms in total. The number of fused-ring (bicyclic) bond motifs is 1. The third-order valence-corrected chi connectivity index (χ3v) is 3.69. The lowest BCUT2D eigenvalue weighted by atomic mass is 10.0. The summed E-state index contributed by atoms with van der Waals surface area (Å²) in [5.74, 6) is 0.820. The molecule has 0 aliphatic carbocycles. The second kappa shape index (κ2) is 6.75. The van der Waals surface area contributed by atoms with E-state index in [1.807, 2.05) is 23.1 Å². The maximum atomic E-state index is 12.0. The number of hydrogen-bond donors (Lipinski definition) is 1. The van der Waals surface area contributed by atoms with Crippen molar-refractivity contribution in [2.45, 2.75) is 45.6 Å². The number of nitrogens with two attached hydrogens (primary N) is 1. The summed E-state index contributed by atoms with van der Waals surface area (Å²) >= 11 is 0. The van der Waals surface area contributed by atoms with Gasteiger partial charge in [-0.2, -0.15) is 0 Å². The SMILES string of the molecule is CCCCN1C(=O)COc2ccc(C(N)CCC)cc21. The number of amides is 1. The van der Waals surface area contributed by atoms with Crippen LogP contribution in [0.15, 0.2) is 18.2 Å². The average molecular weight is 276 g/mol. The number of hydrogen-bond acceptors (Lipinski definition) is 3. The number of ether oxygens (including phenoxy) is 1. The lowest BCUT2D eigenvalue weighted by molar-refractivity contribution is -0.121. The molecule has 1 aromatic rings. The molecule has 0 bridgehead atoms. The van der Waals surface area contributed by atoms with Crippen LogP contribution in [0.3, 0.4) is 0 Å². The van der Waals surface area contributed by atoms with Crippen molar-refractivity contribution in [1.29, 1.82) is 0 Å². The standard InChI is InChI=1S/C16H24N2O2/c1-3-5-9-18-14-10-12(13(17)6-4-2)7-8-15(14)20-11-16(18)19/h7-8,10,13H,3-6,9,11,17H2,1-2H3. The van der Waals surface area contributed by atoms with Crippen LogP contribution in [0.4, 0.5) is 5.69 Å². The van der Waals surface area contributed by atoms with E-state index in [-0.39, 0.29) is 18.6 Å². The van der Waals surface area contributed by atoms with Crippen molar-refractivity contribution in [3.8, 4) is 5.75 Å². The first-order chi connectivity index (χ1) is 9.67. The molecule has 0 saturated heterocycles. The van der Waals surface area contributed by atoms with Gasteiger partial charge in [0.25, 0.3) is 5.91 Å². The average Bonchev–Trinajstić information content (AvgIpc) is 2.46. The summed E-state index contributed by atoms with van der Waals surface area (Å²) in [7, 11) is 0. The van der Waals surface area contributed by atoms with E-state index in [1.165, 1.54) is 0 Å². The van der Waals surface area contributed by atoms with Gasteiger partial charge in [-0.1, -0.05) is 32.8 Å². The molecule has 20 heavy (non-hydrogen) atoms. The Labute approximate surface area is 120 Å². The number of rotatable bonds is 6. The van der Waals surface area contributed by atoms with Gasteiger partial charge < -0.3 is 15.4 Å². The molecule has 0 fully saturated rings. The normalized spacial score (nSPS) is 15.8. The van der Waals surface area contributed by atoms with Gasteiger partial charge >= 0.3 is 0 Å². The molecule has 2 rings (SSSR count). The zero-order valence-corrected chi connectivity index (χ0v) is 12.4. The first-order valence-electron chi connectivity index (χ1n) is 7.50. The van der Waals surface area contributed by atoms with Crippen LogP contribution in [-0.4, -0.2) is 19.1 Å². The Morgan fingerprint density at radius 1 is 1.35 bits per heavy atom. The zero-order chi connectivity index (χ0) is 14.5. The summed E-state index contributed by atoms with van der Waals surface area (Å²) in [6, 6.07) is 5.98. The molecule has 1 atom stereocenters. The maximum Gasteiger partial charge on any atom is 0.265 e. The Morgan fingerprint density at radius 3 is 2.85 bits per heavy atom. The molecule has 1 aromatic carbocycles.